The van der Waals surface area contributed by atoms with Gasteiger partial charge in [0.05, 0.1) is 5.60 Å². The molecule has 1 heterocycles. The lowest BCUT2D eigenvalue weighted by molar-refractivity contribution is -0.0413. The molecule has 1 aliphatic heterocycles. The Bertz CT molecular complexity index is 548. The minimum Gasteiger partial charge on any atom is -0.385 e. The lowest BCUT2D eigenvalue weighted by Gasteiger charge is -2.43. The average Bonchev–Trinajstić information content (AvgIpc) is 3.10. The van der Waals surface area contributed by atoms with Gasteiger partial charge >= 0.3 is 0 Å². The van der Waals surface area contributed by atoms with E-state index in [1.807, 2.05) is 12.1 Å². The Hall–Kier alpha value is -0.280. The number of likely N-dealkylation sites (tertiary alicyclic amines) is 1. The van der Waals surface area contributed by atoms with E-state index >= 15 is 0 Å². The molecule has 0 spiro atoms. The number of aliphatic hydroxyl groups is 1. The maximum absolute atomic E-state index is 11.0. The fraction of sp³-hybridized carbons (Fsp3) is 0.667. The van der Waals surface area contributed by atoms with Crippen molar-refractivity contribution in [3.8, 4) is 0 Å². The molecule has 0 aromatic heterocycles. The quantitative estimate of drug-likeness (QED) is 0.859. The zero-order valence-electron chi connectivity index (χ0n) is 12.8. The topological polar surface area (TPSA) is 23.5 Å². The number of fused-ring (bicyclic) bond motifs is 2. The van der Waals surface area contributed by atoms with Crippen LogP contribution < -0.4 is 0 Å². The van der Waals surface area contributed by atoms with Crippen LogP contribution in [0.4, 0.5) is 0 Å². The molecular formula is C18H23Cl2NO. The molecule has 3 atom stereocenters. The third-order valence-corrected chi connectivity index (χ3v) is 6.63. The molecule has 0 radical (unpaired) electrons. The van der Waals surface area contributed by atoms with E-state index in [0.29, 0.717) is 10.0 Å². The first-order chi connectivity index (χ1) is 10.5. The molecule has 1 aromatic carbocycles. The summed E-state index contributed by atoms with van der Waals surface area (Å²) in [6, 6.07) is 6.22. The van der Waals surface area contributed by atoms with Crippen molar-refractivity contribution in [1.29, 1.82) is 0 Å². The first-order valence-electron chi connectivity index (χ1n) is 8.46. The van der Waals surface area contributed by atoms with Gasteiger partial charge in [0.15, 0.2) is 0 Å². The van der Waals surface area contributed by atoms with Crippen LogP contribution >= 0.6 is 23.2 Å². The standard InChI is InChI=1S/C18H23Cl2NO/c19-15-9-14(10-16(20)11-15)18(22)3-5-21(6-4-18)17-8-12-1-2-13(17)7-12/h9-13,17,22H,1-8H2/t12-,13?,17?/m0/s1. The third-order valence-electron chi connectivity index (χ3n) is 6.19. The van der Waals surface area contributed by atoms with Gasteiger partial charge < -0.3 is 5.11 Å². The summed E-state index contributed by atoms with van der Waals surface area (Å²) in [6.45, 7) is 1.96. The summed E-state index contributed by atoms with van der Waals surface area (Å²) >= 11 is 12.2. The Labute approximate surface area is 142 Å². The van der Waals surface area contributed by atoms with Crippen LogP contribution in [-0.4, -0.2) is 29.1 Å². The van der Waals surface area contributed by atoms with Crippen LogP contribution in [0.25, 0.3) is 0 Å². The lowest BCUT2D eigenvalue weighted by atomic mass is 9.83. The van der Waals surface area contributed by atoms with Gasteiger partial charge in [-0.05, 0) is 67.7 Å². The van der Waals surface area contributed by atoms with E-state index in [4.69, 9.17) is 23.2 Å². The molecule has 120 valence electrons. The highest BCUT2D eigenvalue weighted by atomic mass is 35.5. The first kappa shape index (κ1) is 15.3. The van der Waals surface area contributed by atoms with Gasteiger partial charge in [-0.15, -0.1) is 0 Å². The zero-order valence-corrected chi connectivity index (χ0v) is 14.3. The lowest BCUT2D eigenvalue weighted by Crippen LogP contribution is -2.48. The molecule has 22 heavy (non-hydrogen) atoms. The highest BCUT2D eigenvalue weighted by Gasteiger charge is 2.44. The highest BCUT2D eigenvalue weighted by molar-refractivity contribution is 6.34. The van der Waals surface area contributed by atoms with Crippen LogP contribution in [0, 0.1) is 11.8 Å². The van der Waals surface area contributed by atoms with Crippen LogP contribution in [0.5, 0.6) is 0 Å². The zero-order chi connectivity index (χ0) is 15.3. The summed E-state index contributed by atoms with van der Waals surface area (Å²) in [4.78, 5) is 2.63. The predicted molar refractivity (Wildman–Crippen MR) is 90.4 cm³/mol. The second-order valence-electron chi connectivity index (χ2n) is 7.47. The SMILES string of the molecule is OC1(c2cc(Cl)cc(Cl)c2)CCN(C2C[C@H]3CCC2C3)CC1. The summed E-state index contributed by atoms with van der Waals surface area (Å²) in [5.41, 5.74) is 0.0976. The molecule has 3 fully saturated rings. The molecule has 4 rings (SSSR count). The summed E-state index contributed by atoms with van der Waals surface area (Å²) in [7, 11) is 0. The molecule has 2 bridgehead atoms. The number of piperidine rings is 1. The van der Waals surface area contributed by atoms with Gasteiger partial charge in [0, 0.05) is 29.2 Å². The molecule has 3 aliphatic rings. The largest absolute Gasteiger partial charge is 0.385 e. The van der Waals surface area contributed by atoms with Gasteiger partial charge in [-0.2, -0.15) is 0 Å². The van der Waals surface area contributed by atoms with E-state index in [1.165, 1.54) is 25.7 Å². The first-order valence-corrected chi connectivity index (χ1v) is 9.22. The van der Waals surface area contributed by atoms with Crippen molar-refractivity contribution in [3.63, 3.8) is 0 Å². The van der Waals surface area contributed by atoms with Crippen molar-refractivity contribution in [2.75, 3.05) is 13.1 Å². The third kappa shape index (κ3) is 2.69. The van der Waals surface area contributed by atoms with Crippen LogP contribution in [-0.2, 0) is 5.60 Å². The van der Waals surface area contributed by atoms with E-state index in [0.717, 1.165) is 49.4 Å². The second-order valence-corrected chi connectivity index (χ2v) is 8.34. The van der Waals surface area contributed by atoms with Gasteiger partial charge in [-0.1, -0.05) is 29.6 Å². The van der Waals surface area contributed by atoms with Crippen LogP contribution in [0.1, 0.15) is 44.1 Å². The minimum atomic E-state index is -0.775. The van der Waals surface area contributed by atoms with Crippen molar-refractivity contribution >= 4 is 23.2 Å². The molecule has 2 unspecified atom stereocenters. The Kier molecular flexibility index (Phi) is 3.93. The highest BCUT2D eigenvalue weighted by Crippen LogP contribution is 2.48. The molecule has 0 amide bonds. The molecule has 1 saturated heterocycles. The Morgan fingerprint density at radius 3 is 2.23 bits per heavy atom. The van der Waals surface area contributed by atoms with Crippen LogP contribution in [0.15, 0.2) is 18.2 Å². The van der Waals surface area contributed by atoms with Gasteiger partial charge in [-0.3, -0.25) is 4.90 Å². The monoisotopic (exact) mass is 339 g/mol. The smallest absolute Gasteiger partial charge is 0.0922 e. The fourth-order valence-electron chi connectivity index (χ4n) is 5.00. The van der Waals surface area contributed by atoms with E-state index in [2.05, 4.69) is 4.90 Å². The van der Waals surface area contributed by atoms with E-state index < -0.39 is 5.60 Å². The number of rotatable bonds is 2. The maximum atomic E-state index is 11.0. The Morgan fingerprint density at radius 2 is 1.68 bits per heavy atom. The van der Waals surface area contributed by atoms with Gasteiger partial charge in [0.2, 0.25) is 0 Å². The minimum absolute atomic E-state index is 0.603. The van der Waals surface area contributed by atoms with Crippen LogP contribution in [0.3, 0.4) is 0 Å². The average molecular weight is 340 g/mol. The number of benzene rings is 1. The molecule has 2 saturated carbocycles. The van der Waals surface area contributed by atoms with Gasteiger partial charge in [0.25, 0.3) is 0 Å². The normalized spacial score (nSPS) is 34.2. The van der Waals surface area contributed by atoms with Crippen molar-refractivity contribution in [2.45, 2.75) is 50.2 Å². The fourth-order valence-corrected chi connectivity index (χ4v) is 5.52. The number of hydrogen-bond donors (Lipinski definition) is 1. The summed E-state index contributed by atoms with van der Waals surface area (Å²) in [5, 5.41) is 12.2. The molecule has 1 N–H and O–H groups in total. The van der Waals surface area contributed by atoms with Crippen LogP contribution in [0.2, 0.25) is 10.0 Å². The summed E-state index contributed by atoms with van der Waals surface area (Å²) in [5.74, 6) is 1.89. The van der Waals surface area contributed by atoms with E-state index in [-0.39, 0.29) is 0 Å². The van der Waals surface area contributed by atoms with Gasteiger partial charge in [0.1, 0.15) is 0 Å². The molecule has 2 aliphatic carbocycles. The predicted octanol–water partition coefficient (Wildman–Crippen LogP) is 4.47. The number of nitrogens with zero attached hydrogens (tertiary/aromatic N) is 1. The van der Waals surface area contributed by atoms with Crippen molar-refractivity contribution in [3.05, 3.63) is 33.8 Å². The number of halogens is 2. The van der Waals surface area contributed by atoms with E-state index in [1.54, 1.807) is 6.07 Å². The molecular weight excluding hydrogens is 317 g/mol. The Balaban J connectivity index is 1.46. The summed E-state index contributed by atoms with van der Waals surface area (Å²) < 4.78 is 0. The van der Waals surface area contributed by atoms with Gasteiger partial charge in [-0.25, -0.2) is 0 Å². The van der Waals surface area contributed by atoms with E-state index in [9.17, 15) is 5.11 Å². The summed E-state index contributed by atoms with van der Waals surface area (Å²) in [6.07, 6.45) is 7.23. The Morgan fingerprint density at radius 1 is 1.00 bits per heavy atom. The second kappa shape index (κ2) is 5.66. The molecule has 4 heteroatoms. The molecule has 2 nitrogen and oxygen atoms in total. The molecule has 1 aromatic rings. The van der Waals surface area contributed by atoms with Crippen molar-refractivity contribution in [1.82, 2.24) is 4.90 Å². The van der Waals surface area contributed by atoms with Crippen molar-refractivity contribution < 1.29 is 5.11 Å². The van der Waals surface area contributed by atoms with Crippen molar-refractivity contribution in [2.24, 2.45) is 11.8 Å². The number of hydrogen-bond acceptors (Lipinski definition) is 2. The maximum Gasteiger partial charge on any atom is 0.0922 e.